The van der Waals surface area contributed by atoms with Crippen molar-refractivity contribution in [2.45, 2.75) is 45.6 Å². The number of carbonyl (C=O) groups excluding carboxylic acids is 1. The molecule has 0 saturated heterocycles. The van der Waals surface area contributed by atoms with Crippen LogP contribution in [0.4, 0.5) is 0 Å². The molecule has 0 heterocycles. The molecule has 1 fully saturated rings. The van der Waals surface area contributed by atoms with E-state index in [1.807, 2.05) is 0 Å². The van der Waals surface area contributed by atoms with Gasteiger partial charge in [0.25, 0.3) is 0 Å². The first-order valence-electron chi connectivity index (χ1n) is 4.79. The van der Waals surface area contributed by atoms with Crippen LogP contribution < -0.4 is 0 Å². The SMILES string of the molecule is CC(=O)COC1CCCC(C)C1. The van der Waals surface area contributed by atoms with Crippen molar-refractivity contribution in [3.63, 3.8) is 0 Å². The van der Waals surface area contributed by atoms with E-state index < -0.39 is 0 Å². The molecular formula is C10H18O2. The van der Waals surface area contributed by atoms with Crippen LogP contribution in [0.1, 0.15) is 39.5 Å². The third kappa shape index (κ3) is 3.35. The number of ketones is 1. The molecule has 1 aliphatic carbocycles. The number of hydrogen-bond acceptors (Lipinski definition) is 2. The van der Waals surface area contributed by atoms with E-state index in [9.17, 15) is 4.79 Å². The van der Waals surface area contributed by atoms with Crippen molar-refractivity contribution in [3.8, 4) is 0 Å². The van der Waals surface area contributed by atoms with Crippen LogP contribution in [-0.2, 0) is 9.53 Å². The standard InChI is InChI=1S/C10H18O2/c1-8-4-3-5-10(6-8)12-7-9(2)11/h8,10H,3-7H2,1-2H3. The molecule has 1 saturated carbocycles. The minimum Gasteiger partial charge on any atom is -0.370 e. The molecule has 0 aromatic heterocycles. The van der Waals surface area contributed by atoms with Crippen LogP contribution in [0.3, 0.4) is 0 Å². The fourth-order valence-corrected chi connectivity index (χ4v) is 1.77. The van der Waals surface area contributed by atoms with E-state index in [1.165, 1.54) is 12.8 Å². The van der Waals surface area contributed by atoms with Gasteiger partial charge in [-0.2, -0.15) is 0 Å². The molecule has 1 aliphatic rings. The van der Waals surface area contributed by atoms with Gasteiger partial charge in [-0.05, 0) is 25.7 Å². The van der Waals surface area contributed by atoms with Crippen LogP contribution >= 0.6 is 0 Å². The van der Waals surface area contributed by atoms with Crippen LogP contribution in [0.25, 0.3) is 0 Å². The van der Waals surface area contributed by atoms with Crippen LogP contribution in [-0.4, -0.2) is 18.5 Å². The maximum Gasteiger partial charge on any atom is 0.155 e. The van der Waals surface area contributed by atoms with E-state index in [-0.39, 0.29) is 5.78 Å². The second-order valence-corrected chi connectivity index (χ2v) is 3.91. The number of rotatable bonds is 3. The molecular weight excluding hydrogens is 152 g/mol. The Hall–Kier alpha value is -0.370. The topological polar surface area (TPSA) is 26.3 Å². The van der Waals surface area contributed by atoms with E-state index in [2.05, 4.69) is 6.92 Å². The zero-order valence-corrected chi connectivity index (χ0v) is 8.01. The lowest BCUT2D eigenvalue weighted by Gasteiger charge is -2.26. The Morgan fingerprint density at radius 3 is 2.83 bits per heavy atom. The van der Waals surface area contributed by atoms with Gasteiger partial charge in [-0.3, -0.25) is 4.79 Å². The van der Waals surface area contributed by atoms with Gasteiger partial charge in [0.15, 0.2) is 5.78 Å². The molecule has 0 bridgehead atoms. The number of Topliss-reactive ketones (excluding diaryl/α,β-unsaturated/α-hetero) is 1. The molecule has 2 nitrogen and oxygen atoms in total. The Balaban J connectivity index is 2.18. The summed E-state index contributed by atoms with van der Waals surface area (Å²) in [6.45, 7) is 4.13. The summed E-state index contributed by atoms with van der Waals surface area (Å²) in [6.07, 6.45) is 5.19. The van der Waals surface area contributed by atoms with Gasteiger partial charge in [0, 0.05) is 0 Å². The highest BCUT2D eigenvalue weighted by molar-refractivity contribution is 5.76. The molecule has 70 valence electrons. The van der Waals surface area contributed by atoms with Gasteiger partial charge in [0.1, 0.15) is 6.61 Å². The summed E-state index contributed by atoms with van der Waals surface area (Å²) < 4.78 is 5.47. The van der Waals surface area contributed by atoms with E-state index in [0.29, 0.717) is 12.7 Å². The first-order chi connectivity index (χ1) is 5.68. The predicted molar refractivity (Wildman–Crippen MR) is 48.1 cm³/mol. The third-order valence-electron chi connectivity index (χ3n) is 2.41. The molecule has 0 aliphatic heterocycles. The largest absolute Gasteiger partial charge is 0.370 e. The monoisotopic (exact) mass is 170 g/mol. The van der Waals surface area contributed by atoms with Crippen LogP contribution in [0.2, 0.25) is 0 Å². The predicted octanol–water partition coefficient (Wildman–Crippen LogP) is 2.17. The van der Waals surface area contributed by atoms with Crippen molar-refractivity contribution in [1.82, 2.24) is 0 Å². The molecule has 12 heavy (non-hydrogen) atoms. The Morgan fingerprint density at radius 2 is 2.25 bits per heavy atom. The number of carbonyl (C=O) groups is 1. The zero-order valence-electron chi connectivity index (χ0n) is 8.01. The smallest absolute Gasteiger partial charge is 0.155 e. The van der Waals surface area contributed by atoms with Gasteiger partial charge in [-0.1, -0.05) is 19.8 Å². The lowest BCUT2D eigenvalue weighted by molar-refractivity contribution is -0.124. The molecule has 0 spiro atoms. The first-order valence-corrected chi connectivity index (χ1v) is 4.79. The van der Waals surface area contributed by atoms with Crippen LogP contribution in [0.15, 0.2) is 0 Å². The molecule has 0 radical (unpaired) electrons. The second kappa shape index (κ2) is 4.61. The van der Waals surface area contributed by atoms with Gasteiger partial charge in [0.2, 0.25) is 0 Å². The van der Waals surface area contributed by atoms with Gasteiger partial charge in [0.05, 0.1) is 6.10 Å². The normalized spacial score (nSPS) is 30.2. The molecule has 2 heteroatoms. The fourth-order valence-electron chi connectivity index (χ4n) is 1.77. The van der Waals surface area contributed by atoms with Gasteiger partial charge >= 0.3 is 0 Å². The highest BCUT2D eigenvalue weighted by Crippen LogP contribution is 2.25. The molecule has 2 atom stereocenters. The van der Waals surface area contributed by atoms with Crippen LogP contribution in [0, 0.1) is 5.92 Å². The van der Waals surface area contributed by atoms with E-state index >= 15 is 0 Å². The summed E-state index contributed by atoms with van der Waals surface area (Å²) >= 11 is 0. The Labute approximate surface area is 74.3 Å². The first kappa shape index (κ1) is 9.72. The maximum absolute atomic E-state index is 10.6. The van der Waals surface area contributed by atoms with Gasteiger partial charge < -0.3 is 4.74 Å². The summed E-state index contributed by atoms with van der Waals surface area (Å²) in [6, 6.07) is 0. The van der Waals surface area contributed by atoms with E-state index in [0.717, 1.165) is 18.8 Å². The van der Waals surface area contributed by atoms with Crippen LogP contribution in [0.5, 0.6) is 0 Å². The molecule has 1 rings (SSSR count). The second-order valence-electron chi connectivity index (χ2n) is 3.91. The van der Waals surface area contributed by atoms with Crippen molar-refractivity contribution < 1.29 is 9.53 Å². The summed E-state index contributed by atoms with van der Waals surface area (Å²) in [4.78, 5) is 10.6. The minimum atomic E-state index is 0.133. The van der Waals surface area contributed by atoms with Crippen molar-refractivity contribution in [1.29, 1.82) is 0 Å². The van der Waals surface area contributed by atoms with Gasteiger partial charge in [-0.15, -0.1) is 0 Å². The summed E-state index contributed by atoms with van der Waals surface area (Å²) in [7, 11) is 0. The lowest BCUT2D eigenvalue weighted by Crippen LogP contribution is -2.23. The maximum atomic E-state index is 10.6. The highest BCUT2D eigenvalue weighted by Gasteiger charge is 2.19. The number of hydrogen-bond donors (Lipinski definition) is 0. The Morgan fingerprint density at radius 1 is 1.50 bits per heavy atom. The Bertz CT molecular complexity index is 154. The summed E-state index contributed by atoms with van der Waals surface area (Å²) in [5.74, 6) is 0.906. The van der Waals surface area contributed by atoms with E-state index in [4.69, 9.17) is 4.74 Å². The van der Waals surface area contributed by atoms with Gasteiger partial charge in [-0.25, -0.2) is 0 Å². The fraction of sp³-hybridized carbons (Fsp3) is 0.900. The van der Waals surface area contributed by atoms with Crippen molar-refractivity contribution in [2.24, 2.45) is 5.92 Å². The molecule has 0 aromatic carbocycles. The lowest BCUT2D eigenvalue weighted by atomic mass is 9.89. The minimum absolute atomic E-state index is 0.133. The zero-order chi connectivity index (χ0) is 8.97. The quantitative estimate of drug-likeness (QED) is 0.649. The Kier molecular flexibility index (Phi) is 3.73. The molecule has 0 amide bonds. The number of ether oxygens (including phenoxy) is 1. The average molecular weight is 170 g/mol. The summed E-state index contributed by atoms with van der Waals surface area (Å²) in [5.41, 5.74) is 0. The summed E-state index contributed by atoms with van der Waals surface area (Å²) in [5, 5.41) is 0. The van der Waals surface area contributed by atoms with Crippen molar-refractivity contribution >= 4 is 5.78 Å². The van der Waals surface area contributed by atoms with Crippen molar-refractivity contribution in [3.05, 3.63) is 0 Å². The average Bonchev–Trinajstić information content (AvgIpc) is 2.01. The molecule has 2 unspecified atom stereocenters. The molecule has 0 aromatic rings. The van der Waals surface area contributed by atoms with E-state index in [1.54, 1.807) is 6.92 Å². The molecule has 0 N–H and O–H groups in total. The van der Waals surface area contributed by atoms with Crippen molar-refractivity contribution in [2.75, 3.05) is 6.61 Å². The highest BCUT2D eigenvalue weighted by atomic mass is 16.5. The third-order valence-corrected chi connectivity index (χ3v) is 2.41.